The topological polar surface area (TPSA) is 88.8 Å². The molecule has 1 saturated heterocycles. The fourth-order valence-electron chi connectivity index (χ4n) is 3.61. The van der Waals surface area contributed by atoms with Crippen LogP contribution in [-0.2, 0) is 16.6 Å². The van der Waals surface area contributed by atoms with Crippen molar-refractivity contribution in [3.05, 3.63) is 34.2 Å². The molecule has 1 aliphatic heterocycles. The molecule has 1 aliphatic rings. The van der Waals surface area contributed by atoms with E-state index in [0.717, 1.165) is 5.56 Å². The van der Waals surface area contributed by atoms with Crippen molar-refractivity contribution in [2.24, 2.45) is 12.5 Å². The number of amides is 1. The maximum Gasteiger partial charge on any atom is 0.407 e. The molecule has 0 spiro atoms. The third kappa shape index (κ3) is 3.92. The van der Waals surface area contributed by atoms with Gasteiger partial charge >= 0.3 is 12.1 Å². The van der Waals surface area contributed by atoms with Crippen LogP contribution in [0.4, 0.5) is 4.79 Å². The Labute approximate surface area is 153 Å². The quantitative estimate of drug-likeness (QED) is 0.833. The maximum absolute atomic E-state index is 13.1. The van der Waals surface area contributed by atoms with Crippen LogP contribution in [0.2, 0.25) is 0 Å². The first-order chi connectivity index (χ1) is 12.0. The van der Waals surface area contributed by atoms with Gasteiger partial charge < -0.3 is 19.3 Å². The van der Waals surface area contributed by atoms with Crippen LogP contribution in [0, 0.1) is 5.41 Å². The van der Waals surface area contributed by atoms with Gasteiger partial charge in [0.2, 0.25) is 0 Å². The van der Waals surface area contributed by atoms with Gasteiger partial charge in [0.05, 0.1) is 5.41 Å². The van der Waals surface area contributed by atoms with Crippen molar-refractivity contribution >= 4 is 12.1 Å². The van der Waals surface area contributed by atoms with E-state index in [1.807, 2.05) is 13.0 Å². The summed E-state index contributed by atoms with van der Waals surface area (Å²) in [6.07, 6.45) is 1.52. The van der Waals surface area contributed by atoms with Gasteiger partial charge in [0.25, 0.3) is 5.56 Å². The number of hydrogen-bond donors (Lipinski definition) is 1. The average Bonchev–Trinajstić information content (AvgIpc) is 2.55. The highest BCUT2D eigenvalue weighted by molar-refractivity contribution is 5.80. The smallest absolute Gasteiger partial charge is 0.407 e. The Morgan fingerprint density at radius 2 is 2.04 bits per heavy atom. The number of pyridine rings is 1. The molecule has 26 heavy (non-hydrogen) atoms. The molecule has 0 bridgehead atoms. The lowest BCUT2D eigenvalue weighted by Crippen LogP contribution is -2.54. The van der Waals surface area contributed by atoms with Gasteiger partial charge in [-0.05, 0) is 45.2 Å². The zero-order valence-electron chi connectivity index (χ0n) is 16.1. The van der Waals surface area contributed by atoms with E-state index in [1.54, 1.807) is 34.0 Å². The van der Waals surface area contributed by atoms with E-state index in [2.05, 4.69) is 0 Å². The van der Waals surface area contributed by atoms with Crippen LogP contribution >= 0.6 is 0 Å². The summed E-state index contributed by atoms with van der Waals surface area (Å²) in [6, 6.07) is 3.37. The lowest BCUT2D eigenvalue weighted by Gasteiger charge is -2.46. The predicted octanol–water partition coefficient (Wildman–Crippen LogP) is 2.59. The van der Waals surface area contributed by atoms with Crippen LogP contribution in [-0.4, -0.2) is 45.3 Å². The number of aryl methyl sites for hydroxylation is 1. The van der Waals surface area contributed by atoms with Crippen molar-refractivity contribution in [2.45, 2.75) is 52.1 Å². The molecule has 1 N–H and O–H groups in total. The van der Waals surface area contributed by atoms with Gasteiger partial charge in [0.15, 0.2) is 0 Å². The monoisotopic (exact) mass is 364 g/mol. The molecule has 0 radical (unpaired) electrons. The summed E-state index contributed by atoms with van der Waals surface area (Å²) >= 11 is 0. The Hall–Kier alpha value is -2.31. The number of carbonyl (C=O) groups excluding carboxylic acids is 1. The van der Waals surface area contributed by atoms with Crippen molar-refractivity contribution < 1.29 is 19.4 Å². The second-order valence-corrected chi connectivity index (χ2v) is 7.97. The Kier molecular flexibility index (Phi) is 5.49. The third-order valence-corrected chi connectivity index (χ3v) is 5.07. The maximum atomic E-state index is 13.1. The second kappa shape index (κ2) is 7.13. The Balaban J connectivity index is 2.52. The number of carboxylic acid groups (broad SMARTS) is 1. The van der Waals surface area contributed by atoms with Gasteiger partial charge in [-0.15, -0.1) is 0 Å². The highest BCUT2D eigenvalue weighted by Crippen LogP contribution is 2.46. The first-order valence-electron chi connectivity index (χ1n) is 8.88. The molecule has 1 fully saturated rings. The highest BCUT2D eigenvalue weighted by atomic mass is 16.6. The molecule has 1 aromatic rings. The molecule has 2 unspecified atom stereocenters. The number of ether oxygens (including phenoxy) is 1. The van der Waals surface area contributed by atoms with Gasteiger partial charge in [-0.25, -0.2) is 4.79 Å². The summed E-state index contributed by atoms with van der Waals surface area (Å²) in [5, 5.41) is 9.44. The van der Waals surface area contributed by atoms with Gasteiger partial charge in [-0.3, -0.25) is 9.59 Å². The molecular formula is C19H28N2O5. The summed E-state index contributed by atoms with van der Waals surface area (Å²) in [5.41, 5.74) is -1.10. The number of carbonyl (C=O) groups is 2. The van der Waals surface area contributed by atoms with Gasteiger partial charge in [-0.1, -0.05) is 6.92 Å². The zero-order valence-corrected chi connectivity index (χ0v) is 16.1. The van der Waals surface area contributed by atoms with E-state index in [-0.39, 0.29) is 18.0 Å². The number of rotatable bonds is 3. The zero-order chi connectivity index (χ0) is 19.7. The number of hydrogen-bond acceptors (Lipinski definition) is 4. The SMILES string of the molecule is CCC1(C(=O)OC(C)(C)C)CN(C(=O)O)CCC1c1ccn(C)c(=O)c1. The lowest BCUT2D eigenvalue weighted by atomic mass is 9.66. The second-order valence-electron chi connectivity index (χ2n) is 7.97. The van der Waals surface area contributed by atoms with Crippen molar-refractivity contribution in [3.8, 4) is 0 Å². The molecule has 1 aromatic heterocycles. The van der Waals surface area contributed by atoms with Gasteiger partial charge in [-0.2, -0.15) is 0 Å². The molecule has 2 heterocycles. The summed E-state index contributed by atoms with van der Waals surface area (Å²) in [7, 11) is 1.67. The fourth-order valence-corrected chi connectivity index (χ4v) is 3.61. The number of likely N-dealkylation sites (tertiary alicyclic amines) is 1. The average molecular weight is 364 g/mol. The predicted molar refractivity (Wildman–Crippen MR) is 97.2 cm³/mol. The Morgan fingerprint density at radius 1 is 1.38 bits per heavy atom. The molecule has 0 aromatic carbocycles. The summed E-state index contributed by atoms with van der Waals surface area (Å²) < 4.78 is 7.13. The number of aromatic nitrogens is 1. The molecule has 144 valence electrons. The molecule has 7 heteroatoms. The van der Waals surface area contributed by atoms with Crippen molar-refractivity contribution in [1.82, 2.24) is 9.47 Å². The van der Waals surface area contributed by atoms with Crippen molar-refractivity contribution in [1.29, 1.82) is 0 Å². The van der Waals surface area contributed by atoms with Gasteiger partial charge in [0, 0.05) is 38.3 Å². The van der Waals surface area contributed by atoms with Crippen molar-refractivity contribution in [2.75, 3.05) is 13.1 Å². The number of nitrogens with zero attached hydrogens (tertiary/aromatic N) is 2. The largest absolute Gasteiger partial charge is 0.465 e. The van der Waals surface area contributed by atoms with Crippen LogP contribution < -0.4 is 5.56 Å². The number of esters is 1. The van der Waals surface area contributed by atoms with Gasteiger partial charge in [0.1, 0.15) is 5.60 Å². The van der Waals surface area contributed by atoms with E-state index < -0.39 is 23.1 Å². The van der Waals surface area contributed by atoms with Crippen molar-refractivity contribution in [3.63, 3.8) is 0 Å². The molecule has 0 saturated carbocycles. The van der Waals surface area contributed by atoms with E-state index in [9.17, 15) is 19.5 Å². The highest BCUT2D eigenvalue weighted by Gasteiger charge is 2.51. The standard InChI is InChI=1S/C19H28N2O5/c1-6-19(16(23)26-18(2,3)4)12-21(17(24)25)10-8-14(19)13-7-9-20(5)15(22)11-13/h7,9,11,14H,6,8,10,12H2,1-5H3,(H,24,25). The molecule has 2 rings (SSSR count). The molecule has 7 nitrogen and oxygen atoms in total. The van der Waals surface area contributed by atoms with Crippen LogP contribution in [0.15, 0.2) is 23.1 Å². The minimum atomic E-state index is -1.05. The van der Waals surface area contributed by atoms with Crippen LogP contribution in [0.25, 0.3) is 0 Å². The van der Waals surface area contributed by atoms with Crippen LogP contribution in [0.3, 0.4) is 0 Å². The summed E-state index contributed by atoms with van der Waals surface area (Å²) in [5.74, 6) is -0.684. The van der Waals surface area contributed by atoms with E-state index >= 15 is 0 Å². The molecule has 0 aliphatic carbocycles. The lowest BCUT2D eigenvalue weighted by molar-refractivity contribution is -0.172. The minimum Gasteiger partial charge on any atom is -0.465 e. The first-order valence-corrected chi connectivity index (χ1v) is 8.88. The first kappa shape index (κ1) is 20.0. The van der Waals surface area contributed by atoms with E-state index in [4.69, 9.17) is 4.74 Å². The third-order valence-electron chi connectivity index (χ3n) is 5.07. The summed E-state index contributed by atoms with van der Waals surface area (Å²) in [6.45, 7) is 7.62. The minimum absolute atomic E-state index is 0.0631. The Bertz CT molecular complexity index is 749. The number of piperidine rings is 1. The van der Waals surface area contributed by atoms with E-state index in [1.165, 1.54) is 15.5 Å². The Morgan fingerprint density at radius 3 is 2.54 bits per heavy atom. The van der Waals surface area contributed by atoms with E-state index in [0.29, 0.717) is 19.4 Å². The molecular weight excluding hydrogens is 336 g/mol. The molecule has 2 atom stereocenters. The fraction of sp³-hybridized carbons (Fsp3) is 0.632. The van der Waals surface area contributed by atoms with Crippen LogP contribution in [0.5, 0.6) is 0 Å². The molecule has 1 amide bonds. The normalized spacial score (nSPS) is 23.6. The van der Waals surface area contributed by atoms with Crippen LogP contribution in [0.1, 0.15) is 52.0 Å². The summed E-state index contributed by atoms with van der Waals surface area (Å²) in [4.78, 5) is 38.0.